The molecule has 0 aliphatic heterocycles. The molecule has 0 aliphatic carbocycles. The second-order valence-corrected chi connectivity index (χ2v) is 8.94. The van der Waals surface area contributed by atoms with Gasteiger partial charge in [-0.3, -0.25) is 5.41 Å². The maximum Gasteiger partial charge on any atom is 0.240 e. The standard InChI is InChI=1S/C20H38N6O2S/c1-18-8-10-19(11-9-18)29(27,28)26-17-7-5-15-24-13-3-2-12-23-14-4-6-16-25-20(21)22/h8-11,23-24,26H,2-7,12-17H2,1H3,(H4,21,22,25). The Balaban J connectivity index is 1.88. The highest BCUT2D eigenvalue weighted by molar-refractivity contribution is 7.89. The first-order valence-corrected chi connectivity index (χ1v) is 12.0. The van der Waals surface area contributed by atoms with Crippen molar-refractivity contribution in [1.29, 1.82) is 5.41 Å². The second-order valence-electron chi connectivity index (χ2n) is 7.17. The first-order valence-electron chi connectivity index (χ1n) is 10.5. The Bertz CT molecular complexity index is 664. The Hall–Kier alpha value is -1.68. The van der Waals surface area contributed by atoms with Crippen LogP contribution < -0.4 is 26.4 Å². The van der Waals surface area contributed by atoms with Crippen LogP contribution in [-0.2, 0) is 10.0 Å². The van der Waals surface area contributed by atoms with Gasteiger partial charge in [0.25, 0.3) is 0 Å². The number of unbranched alkanes of at least 4 members (excludes halogenated alkanes) is 3. The minimum absolute atomic E-state index is 0.0361. The van der Waals surface area contributed by atoms with E-state index in [4.69, 9.17) is 11.1 Å². The fourth-order valence-electron chi connectivity index (χ4n) is 2.73. The van der Waals surface area contributed by atoms with Gasteiger partial charge < -0.3 is 21.7 Å². The molecule has 0 radical (unpaired) electrons. The van der Waals surface area contributed by atoms with Crippen molar-refractivity contribution >= 4 is 16.0 Å². The lowest BCUT2D eigenvalue weighted by Gasteiger charge is -2.08. The van der Waals surface area contributed by atoms with Crippen molar-refractivity contribution in [2.45, 2.75) is 50.3 Å². The molecule has 0 saturated carbocycles. The molecule has 166 valence electrons. The molecule has 0 aromatic heterocycles. The summed E-state index contributed by atoms with van der Waals surface area (Å²) >= 11 is 0. The molecule has 0 fully saturated rings. The normalized spacial score (nSPS) is 11.5. The molecular formula is C20H38N6O2S. The van der Waals surface area contributed by atoms with E-state index < -0.39 is 10.0 Å². The maximum atomic E-state index is 12.2. The van der Waals surface area contributed by atoms with Gasteiger partial charge in [0.2, 0.25) is 10.0 Å². The van der Waals surface area contributed by atoms with Crippen LogP contribution in [0.3, 0.4) is 0 Å². The summed E-state index contributed by atoms with van der Waals surface area (Å²) in [6, 6.07) is 6.89. The zero-order chi connectivity index (χ0) is 21.4. The molecule has 1 aromatic rings. The largest absolute Gasteiger partial charge is 0.370 e. The highest BCUT2D eigenvalue weighted by Crippen LogP contribution is 2.09. The smallest absolute Gasteiger partial charge is 0.240 e. The Labute approximate surface area is 176 Å². The van der Waals surface area contributed by atoms with Crippen LogP contribution in [0, 0.1) is 12.3 Å². The number of rotatable bonds is 17. The van der Waals surface area contributed by atoms with Crippen LogP contribution in [0.2, 0.25) is 0 Å². The lowest BCUT2D eigenvalue weighted by atomic mass is 10.2. The van der Waals surface area contributed by atoms with E-state index in [0.717, 1.165) is 76.8 Å². The lowest BCUT2D eigenvalue weighted by Crippen LogP contribution is -2.31. The van der Waals surface area contributed by atoms with Crippen LogP contribution in [0.25, 0.3) is 0 Å². The van der Waals surface area contributed by atoms with Crippen molar-refractivity contribution in [2.75, 3.05) is 39.3 Å². The van der Waals surface area contributed by atoms with Gasteiger partial charge in [0, 0.05) is 13.1 Å². The highest BCUT2D eigenvalue weighted by atomic mass is 32.2. The van der Waals surface area contributed by atoms with Crippen LogP contribution in [0.15, 0.2) is 29.2 Å². The number of nitrogens with one attached hydrogen (secondary N) is 5. The first kappa shape index (κ1) is 25.4. The summed E-state index contributed by atoms with van der Waals surface area (Å²) in [5.74, 6) is 0.0361. The number of sulfonamides is 1. The van der Waals surface area contributed by atoms with E-state index in [0.29, 0.717) is 11.4 Å². The van der Waals surface area contributed by atoms with Gasteiger partial charge in [-0.05, 0) is 83.8 Å². The third kappa shape index (κ3) is 13.2. The molecule has 7 N–H and O–H groups in total. The molecule has 1 aromatic carbocycles. The predicted octanol–water partition coefficient (Wildman–Crippen LogP) is 1.28. The summed E-state index contributed by atoms with van der Waals surface area (Å²) in [6.45, 7) is 7.06. The lowest BCUT2D eigenvalue weighted by molar-refractivity contribution is 0.550. The summed E-state index contributed by atoms with van der Waals surface area (Å²) in [4.78, 5) is 0.322. The van der Waals surface area contributed by atoms with Gasteiger partial charge in [0.15, 0.2) is 5.96 Å². The van der Waals surface area contributed by atoms with Gasteiger partial charge in [0.1, 0.15) is 0 Å². The molecule has 8 nitrogen and oxygen atoms in total. The van der Waals surface area contributed by atoms with E-state index in [-0.39, 0.29) is 5.96 Å². The number of aryl methyl sites for hydroxylation is 1. The summed E-state index contributed by atoms with van der Waals surface area (Å²) in [5, 5.41) is 16.7. The molecule has 9 heteroatoms. The molecule has 0 unspecified atom stereocenters. The Morgan fingerprint density at radius 3 is 1.76 bits per heavy atom. The van der Waals surface area contributed by atoms with E-state index in [1.54, 1.807) is 12.1 Å². The van der Waals surface area contributed by atoms with Gasteiger partial charge >= 0.3 is 0 Å². The zero-order valence-corrected chi connectivity index (χ0v) is 18.4. The third-order valence-electron chi connectivity index (χ3n) is 4.46. The van der Waals surface area contributed by atoms with Crippen molar-refractivity contribution in [1.82, 2.24) is 20.7 Å². The van der Waals surface area contributed by atoms with E-state index in [1.807, 2.05) is 19.1 Å². The van der Waals surface area contributed by atoms with Crippen molar-refractivity contribution in [3.05, 3.63) is 29.8 Å². The van der Waals surface area contributed by atoms with Crippen molar-refractivity contribution in [3.8, 4) is 0 Å². The zero-order valence-electron chi connectivity index (χ0n) is 17.6. The monoisotopic (exact) mass is 426 g/mol. The molecule has 0 heterocycles. The topological polar surface area (TPSA) is 132 Å². The minimum atomic E-state index is -3.39. The molecule has 0 spiro atoms. The maximum absolute atomic E-state index is 12.2. The molecule has 29 heavy (non-hydrogen) atoms. The average molecular weight is 427 g/mol. The molecule has 0 atom stereocenters. The molecule has 0 saturated heterocycles. The van der Waals surface area contributed by atoms with Gasteiger partial charge in [-0.1, -0.05) is 17.7 Å². The summed E-state index contributed by atoms with van der Waals surface area (Å²) in [6.07, 6.45) is 6.11. The van der Waals surface area contributed by atoms with Crippen LogP contribution >= 0.6 is 0 Å². The SMILES string of the molecule is Cc1ccc(S(=O)(=O)NCCCCNCCCCNCCCCNC(=N)N)cc1. The fraction of sp³-hybridized carbons (Fsp3) is 0.650. The second kappa shape index (κ2) is 15.2. The number of hydrogen-bond acceptors (Lipinski definition) is 5. The average Bonchev–Trinajstić information content (AvgIpc) is 2.67. The molecule has 0 aliphatic rings. The van der Waals surface area contributed by atoms with Gasteiger partial charge in [0.05, 0.1) is 4.90 Å². The third-order valence-corrected chi connectivity index (χ3v) is 5.93. The Morgan fingerprint density at radius 2 is 1.28 bits per heavy atom. The number of hydrogen-bond donors (Lipinski definition) is 6. The van der Waals surface area contributed by atoms with Crippen molar-refractivity contribution in [3.63, 3.8) is 0 Å². The summed E-state index contributed by atoms with van der Waals surface area (Å²) < 4.78 is 27.0. The number of guanidine groups is 1. The fourth-order valence-corrected chi connectivity index (χ4v) is 3.80. The van der Waals surface area contributed by atoms with Crippen LogP contribution in [0.5, 0.6) is 0 Å². The summed E-state index contributed by atoms with van der Waals surface area (Å²) in [7, 11) is -3.39. The first-order chi connectivity index (χ1) is 13.9. The quantitative estimate of drug-likeness (QED) is 0.126. The van der Waals surface area contributed by atoms with E-state index in [2.05, 4.69) is 20.7 Å². The minimum Gasteiger partial charge on any atom is -0.370 e. The van der Waals surface area contributed by atoms with E-state index in [9.17, 15) is 8.42 Å². The summed E-state index contributed by atoms with van der Waals surface area (Å²) in [5.41, 5.74) is 6.26. The highest BCUT2D eigenvalue weighted by Gasteiger charge is 2.12. The van der Waals surface area contributed by atoms with Gasteiger partial charge in [-0.15, -0.1) is 0 Å². The number of benzene rings is 1. The molecule has 0 amide bonds. The molecule has 1 rings (SSSR count). The van der Waals surface area contributed by atoms with Crippen LogP contribution in [-0.4, -0.2) is 53.6 Å². The molecular weight excluding hydrogens is 388 g/mol. The molecule has 0 bridgehead atoms. The Morgan fingerprint density at radius 1 is 0.828 bits per heavy atom. The van der Waals surface area contributed by atoms with Crippen LogP contribution in [0.1, 0.15) is 44.1 Å². The van der Waals surface area contributed by atoms with E-state index >= 15 is 0 Å². The Kier molecular flexibility index (Phi) is 13.3. The van der Waals surface area contributed by atoms with Crippen LogP contribution in [0.4, 0.5) is 0 Å². The van der Waals surface area contributed by atoms with E-state index in [1.165, 1.54) is 0 Å². The van der Waals surface area contributed by atoms with Gasteiger partial charge in [-0.25, -0.2) is 13.1 Å². The van der Waals surface area contributed by atoms with Crippen molar-refractivity contribution < 1.29 is 8.42 Å². The number of nitrogens with two attached hydrogens (primary N) is 1. The predicted molar refractivity (Wildman–Crippen MR) is 120 cm³/mol. The van der Waals surface area contributed by atoms with Crippen molar-refractivity contribution in [2.24, 2.45) is 5.73 Å². The van der Waals surface area contributed by atoms with Gasteiger partial charge in [-0.2, -0.15) is 0 Å².